The quantitative estimate of drug-likeness (QED) is 0.120. The zero-order valence-corrected chi connectivity index (χ0v) is 69.1. The summed E-state index contributed by atoms with van der Waals surface area (Å²) in [6.07, 6.45) is 5.58. The van der Waals surface area contributed by atoms with Crippen molar-refractivity contribution in [3.05, 3.63) is 442 Å². The van der Waals surface area contributed by atoms with E-state index in [4.69, 9.17) is 15.0 Å². The van der Waals surface area contributed by atoms with Gasteiger partial charge >= 0.3 is 0 Å². The van der Waals surface area contributed by atoms with Gasteiger partial charge in [-0.3, -0.25) is 15.0 Å². The first-order chi connectivity index (χ1) is 63.3. The molecule has 0 saturated carbocycles. The molecule has 0 unspecified atom stereocenters. The molecule has 0 bridgehead atoms. The van der Waals surface area contributed by atoms with E-state index in [9.17, 15) is 10.5 Å². The van der Waals surface area contributed by atoms with Gasteiger partial charge in [0.1, 0.15) is 0 Å². The Morgan fingerprint density at radius 1 is 0.188 bits per heavy atom. The molecular weight excluding hydrogens is 1550 g/mol. The molecule has 21 aromatic carbocycles. The number of nitriles is 2. The molecule has 0 radical (unpaired) electrons. The van der Waals surface area contributed by atoms with E-state index in [2.05, 4.69) is 367 Å². The van der Waals surface area contributed by atoms with Gasteiger partial charge in [0.25, 0.3) is 0 Å². The maximum atomic E-state index is 9.97. The molecule has 0 amide bonds. The van der Waals surface area contributed by atoms with Gasteiger partial charge < -0.3 is 9.13 Å². The smallest absolute Gasteiger partial charge is 0.0992 e. The molecule has 590 valence electrons. The van der Waals surface area contributed by atoms with Gasteiger partial charge in [0.2, 0.25) is 0 Å². The second-order valence-electron chi connectivity index (χ2n) is 33.5. The van der Waals surface area contributed by atoms with Crippen molar-refractivity contribution in [1.82, 2.24) is 24.1 Å². The molecule has 26 rings (SSSR count). The van der Waals surface area contributed by atoms with Gasteiger partial charge in [0.15, 0.2) is 0 Å². The van der Waals surface area contributed by atoms with E-state index in [-0.39, 0.29) is 0 Å². The highest BCUT2D eigenvalue weighted by molar-refractivity contribution is 6.29. The molecule has 0 N–H and O–H groups in total. The normalized spacial score (nSPS) is 11.7. The molecule has 0 saturated heterocycles. The Morgan fingerprint density at radius 2 is 0.508 bits per heavy atom. The number of hydrogen-bond donors (Lipinski definition) is 0. The first-order valence-corrected chi connectivity index (χ1v) is 43.3. The molecule has 26 aromatic rings. The molecular formula is C121H71N7. The first kappa shape index (κ1) is 73.2. The Kier molecular flexibility index (Phi) is 17.0. The van der Waals surface area contributed by atoms with E-state index < -0.39 is 0 Å². The Balaban J connectivity index is 0.000000139. The Labute approximate surface area is 736 Å². The zero-order chi connectivity index (χ0) is 84.6. The van der Waals surface area contributed by atoms with Crippen LogP contribution >= 0.6 is 0 Å². The van der Waals surface area contributed by atoms with Gasteiger partial charge in [-0.1, -0.05) is 267 Å². The van der Waals surface area contributed by atoms with Crippen LogP contribution in [0.5, 0.6) is 0 Å². The van der Waals surface area contributed by atoms with Crippen molar-refractivity contribution in [3.63, 3.8) is 0 Å². The topological polar surface area (TPSA) is 96.1 Å². The van der Waals surface area contributed by atoms with Crippen molar-refractivity contribution < 1.29 is 0 Å². The Bertz CT molecular complexity index is 9040. The molecule has 0 aliphatic rings. The summed E-state index contributed by atoms with van der Waals surface area (Å²) < 4.78 is 4.64. The van der Waals surface area contributed by atoms with E-state index in [1.807, 2.05) is 85.3 Å². The molecule has 5 heterocycles. The zero-order valence-electron chi connectivity index (χ0n) is 69.1. The van der Waals surface area contributed by atoms with Crippen molar-refractivity contribution in [2.75, 3.05) is 0 Å². The Hall–Kier alpha value is -17.5. The van der Waals surface area contributed by atoms with Crippen LogP contribution in [0.25, 0.3) is 252 Å². The predicted octanol–water partition coefficient (Wildman–Crippen LogP) is 31.8. The minimum absolute atomic E-state index is 0.660. The molecule has 0 spiro atoms. The van der Waals surface area contributed by atoms with Crippen LogP contribution < -0.4 is 0 Å². The summed E-state index contributed by atoms with van der Waals surface area (Å²) in [5.41, 5.74) is 29.2. The lowest BCUT2D eigenvalue weighted by atomic mass is 9.86. The fourth-order valence-corrected chi connectivity index (χ4v) is 20.6. The molecule has 0 fully saturated rings. The number of para-hydroxylation sites is 3. The van der Waals surface area contributed by atoms with Gasteiger partial charge in [-0.25, -0.2) is 0 Å². The predicted molar refractivity (Wildman–Crippen MR) is 533 cm³/mol. The van der Waals surface area contributed by atoms with E-state index >= 15 is 0 Å². The van der Waals surface area contributed by atoms with Crippen LogP contribution in [0.1, 0.15) is 11.1 Å². The van der Waals surface area contributed by atoms with Gasteiger partial charge in [0, 0.05) is 73.6 Å². The average Bonchev–Trinajstić information content (AvgIpc) is 1.66. The first-order valence-electron chi connectivity index (χ1n) is 43.3. The van der Waals surface area contributed by atoms with Crippen LogP contribution in [0.4, 0.5) is 0 Å². The lowest BCUT2D eigenvalue weighted by Gasteiger charge is -2.17. The monoisotopic (exact) mass is 1620 g/mol. The standard InChI is InChI=1S/C61H36N4.C60H35N3/c62-37-38-28-41-24-25-42-30-43(34-59-61(42)60(41)58(29-38)65(59)47-12-2-1-3-13-47)39-20-22-40(23-21-39)52-35-54-51-17-7-5-15-49(51)53(36-55(54)50-16-6-4-14-48(50)52)44-31-45(56-18-8-10-26-63-56)33-46(32-44)57-19-9-11-27-64-57;61-36-37-30-43-27-28-44-32-45(33-57-59(44)58(43)56(31-37)63(57)46-12-2-1-3-13-46)38-19-21-40(22-20-38)52-34-54-51-17-7-5-15-49(51)53(35-55(54)50-16-6-4-14-48(50)52)41-25-23-39(24-26-41)47-18-8-10-42-11-9-29-62-60(42)47/h1-36H;1-35H. The van der Waals surface area contributed by atoms with Crippen LogP contribution in [0, 0.1) is 22.7 Å². The summed E-state index contributed by atoms with van der Waals surface area (Å²) in [7, 11) is 0. The number of pyridine rings is 3. The second-order valence-corrected chi connectivity index (χ2v) is 33.5. The summed E-state index contributed by atoms with van der Waals surface area (Å²) >= 11 is 0. The molecule has 5 aromatic heterocycles. The third-order valence-electron chi connectivity index (χ3n) is 26.4. The number of hydrogen-bond acceptors (Lipinski definition) is 5. The largest absolute Gasteiger partial charge is 0.309 e. The van der Waals surface area contributed by atoms with E-state index in [1.165, 1.54) is 130 Å². The highest BCUT2D eigenvalue weighted by Crippen LogP contribution is 2.50. The SMILES string of the molecule is N#Cc1cc2ccc3cc(-c4ccc(-c5cc6c7ccccc7c(-c7cc(-c8ccccn8)cc(-c8ccccn8)c7)cc6c6ccccc56)cc4)cc4c3c2c(c1)n4-c1ccccc1.N#Cc1cc2ccc3cc(-c4ccc(-c5cc6c7ccccc7c(-c7ccc(-c8cccc9cccnc89)cc7)cc6c6ccccc56)cc4)cc4c3c2c(c1)n4-c1ccccc1. The highest BCUT2D eigenvalue weighted by atomic mass is 15.0. The van der Waals surface area contributed by atoms with Crippen LogP contribution in [0.3, 0.4) is 0 Å². The molecule has 0 aliphatic heterocycles. The summed E-state index contributed by atoms with van der Waals surface area (Å²) in [5, 5.41) is 45.1. The van der Waals surface area contributed by atoms with Crippen LogP contribution in [-0.4, -0.2) is 24.1 Å². The third-order valence-corrected chi connectivity index (χ3v) is 26.4. The fourth-order valence-electron chi connectivity index (χ4n) is 20.6. The van der Waals surface area contributed by atoms with E-state index in [1.54, 1.807) is 0 Å². The summed E-state index contributed by atoms with van der Waals surface area (Å²) in [6.45, 7) is 0. The van der Waals surface area contributed by atoms with Gasteiger partial charge in [-0.2, -0.15) is 10.5 Å². The van der Waals surface area contributed by atoms with Crippen LogP contribution in [0.2, 0.25) is 0 Å². The fraction of sp³-hybridized carbons (Fsp3) is 0. The van der Waals surface area contributed by atoms with Crippen molar-refractivity contribution in [2.24, 2.45) is 0 Å². The number of benzene rings is 21. The van der Waals surface area contributed by atoms with E-state index in [0.29, 0.717) is 11.1 Å². The van der Waals surface area contributed by atoms with Gasteiger partial charge in [-0.15, -0.1) is 0 Å². The van der Waals surface area contributed by atoms with Crippen LogP contribution in [-0.2, 0) is 0 Å². The van der Waals surface area contributed by atoms with Gasteiger partial charge in [-0.05, 0) is 304 Å². The highest BCUT2D eigenvalue weighted by Gasteiger charge is 2.25. The maximum absolute atomic E-state index is 9.97. The molecule has 0 atom stereocenters. The lowest BCUT2D eigenvalue weighted by molar-refractivity contribution is 1.18. The number of rotatable bonds is 11. The number of fused-ring (bicyclic) bond motifs is 11. The van der Waals surface area contributed by atoms with Crippen molar-refractivity contribution in [3.8, 4) is 124 Å². The number of aromatic nitrogens is 5. The second kappa shape index (κ2) is 29.7. The lowest BCUT2D eigenvalue weighted by Crippen LogP contribution is -1.94. The number of nitrogens with zero attached hydrogens (tertiary/aromatic N) is 7. The van der Waals surface area contributed by atoms with Crippen LogP contribution in [0.15, 0.2) is 431 Å². The summed E-state index contributed by atoms with van der Waals surface area (Å²) in [4.78, 5) is 14.2. The van der Waals surface area contributed by atoms with Crippen molar-refractivity contribution >= 4 is 141 Å². The molecule has 128 heavy (non-hydrogen) atoms. The summed E-state index contributed by atoms with van der Waals surface area (Å²) in [5.74, 6) is 0. The Morgan fingerprint density at radius 3 is 0.891 bits per heavy atom. The summed E-state index contributed by atoms with van der Waals surface area (Å²) in [6, 6.07) is 153. The minimum atomic E-state index is 0.660. The average molecular weight is 1620 g/mol. The van der Waals surface area contributed by atoms with Crippen molar-refractivity contribution in [1.29, 1.82) is 10.5 Å². The van der Waals surface area contributed by atoms with Gasteiger partial charge in [0.05, 0.1) is 62.2 Å². The molecule has 7 heteroatoms. The minimum Gasteiger partial charge on any atom is -0.309 e. The molecule has 7 nitrogen and oxygen atoms in total. The molecule has 0 aliphatic carbocycles. The maximum Gasteiger partial charge on any atom is 0.0992 e. The van der Waals surface area contributed by atoms with E-state index in [0.717, 1.165) is 122 Å². The third kappa shape index (κ3) is 12.0. The van der Waals surface area contributed by atoms with Crippen molar-refractivity contribution in [2.45, 2.75) is 0 Å².